The van der Waals surface area contributed by atoms with E-state index in [1.165, 1.54) is 11.0 Å². The third kappa shape index (κ3) is 5.08. The number of para-hydroxylation sites is 2. The van der Waals surface area contributed by atoms with Crippen molar-refractivity contribution in [3.8, 4) is 11.5 Å². The summed E-state index contributed by atoms with van der Waals surface area (Å²) < 4.78 is 12.2. The van der Waals surface area contributed by atoms with Gasteiger partial charge >= 0.3 is 0 Å². The molecule has 2 aromatic carbocycles. The Morgan fingerprint density at radius 1 is 1.14 bits per heavy atom. The van der Waals surface area contributed by atoms with Gasteiger partial charge in [-0.15, -0.1) is 5.10 Å². The largest absolute Gasteiger partial charge is 0.493 e. The van der Waals surface area contributed by atoms with E-state index in [0.717, 1.165) is 5.56 Å². The van der Waals surface area contributed by atoms with Crippen molar-refractivity contribution in [3.05, 3.63) is 72.3 Å². The van der Waals surface area contributed by atoms with Crippen LogP contribution < -0.4 is 14.8 Å². The fourth-order valence-corrected chi connectivity index (χ4v) is 2.59. The maximum atomic E-state index is 12.2. The van der Waals surface area contributed by atoms with Crippen LogP contribution in [-0.2, 0) is 6.54 Å². The maximum Gasteiger partial charge on any atom is 0.291 e. The molecule has 0 aliphatic carbocycles. The molecular formula is C20H22N4O4. The van der Waals surface area contributed by atoms with Crippen LogP contribution in [0.1, 0.15) is 22.3 Å². The number of rotatable bonds is 9. The first-order valence-electron chi connectivity index (χ1n) is 8.84. The van der Waals surface area contributed by atoms with E-state index in [1.807, 2.05) is 42.5 Å². The number of nitrogens with one attached hydrogen (secondary N) is 1. The van der Waals surface area contributed by atoms with Crippen molar-refractivity contribution in [1.82, 2.24) is 20.1 Å². The van der Waals surface area contributed by atoms with Crippen LogP contribution in [0.25, 0.3) is 0 Å². The van der Waals surface area contributed by atoms with E-state index < -0.39 is 12.0 Å². The summed E-state index contributed by atoms with van der Waals surface area (Å²) in [6, 6.07) is 16.5. The lowest BCUT2D eigenvalue weighted by Gasteiger charge is -2.10. The van der Waals surface area contributed by atoms with Crippen molar-refractivity contribution in [3.63, 3.8) is 0 Å². The molecule has 0 spiro atoms. The number of aliphatic hydroxyl groups excluding tert-OH is 1. The van der Waals surface area contributed by atoms with Gasteiger partial charge in [-0.25, -0.2) is 9.67 Å². The van der Waals surface area contributed by atoms with Crippen LogP contribution in [-0.4, -0.2) is 46.0 Å². The van der Waals surface area contributed by atoms with Gasteiger partial charge in [0.2, 0.25) is 5.82 Å². The van der Waals surface area contributed by atoms with Crippen LogP contribution >= 0.6 is 0 Å². The molecule has 146 valence electrons. The molecule has 0 aliphatic rings. The van der Waals surface area contributed by atoms with Crippen molar-refractivity contribution in [2.24, 2.45) is 0 Å². The lowest BCUT2D eigenvalue weighted by Crippen LogP contribution is -2.29. The Hall–Kier alpha value is -3.39. The Balaban J connectivity index is 1.46. The highest BCUT2D eigenvalue weighted by Gasteiger charge is 2.14. The molecule has 1 amide bonds. The highest BCUT2D eigenvalue weighted by Crippen LogP contribution is 2.25. The molecule has 0 saturated heterocycles. The number of amides is 1. The fraction of sp³-hybridized carbons (Fsp3) is 0.250. The van der Waals surface area contributed by atoms with Gasteiger partial charge in [-0.2, -0.15) is 0 Å². The van der Waals surface area contributed by atoms with Gasteiger partial charge in [0, 0.05) is 0 Å². The van der Waals surface area contributed by atoms with Crippen LogP contribution in [0, 0.1) is 0 Å². The smallest absolute Gasteiger partial charge is 0.291 e. The number of methoxy groups -OCH3 is 1. The maximum absolute atomic E-state index is 12.2. The fourth-order valence-electron chi connectivity index (χ4n) is 2.59. The molecule has 28 heavy (non-hydrogen) atoms. The molecule has 2 N–H and O–H groups in total. The highest BCUT2D eigenvalue weighted by molar-refractivity contribution is 5.90. The minimum absolute atomic E-state index is 0.0394. The first kappa shape index (κ1) is 19.4. The predicted molar refractivity (Wildman–Crippen MR) is 102 cm³/mol. The molecule has 0 unspecified atom stereocenters. The van der Waals surface area contributed by atoms with E-state index in [4.69, 9.17) is 9.47 Å². The normalized spacial score (nSPS) is 11.6. The molecule has 1 atom stereocenters. The molecule has 1 aromatic heterocycles. The number of aromatic nitrogens is 3. The lowest BCUT2D eigenvalue weighted by molar-refractivity contribution is 0.0934. The third-order valence-corrected chi connectivity index (χ3v) is 4.00. The molecule has 8 nitrogen and oxygen atoms in total. The number of aliphatic hydroxyl groups is 1. The SMILES string of the molecule is COc1ccccc1OCCNC(=O)c1ncn(C[C@@H](O)c2ccccc2)n1. The number of hydrogen-bond donors (Lipinski definition) is 2. The minimum Gasteiger partial charge on any atom is -0.493 e. The second-order valence-electron chi connectivity index (χ2n) is 5.97. The topological polar surface area (TPSA) is 98.5 Å². The zero-order valence-corrected chi connectivity index (χ0v) is 15.5. The van der Waals surface area contributed by atoms with E-state index in [9.17, 15) is 9.90 Å². The Morgan fingerprint density at radius 2 is 1.86 bits per heavy atom. The van der Waals surface area contributed by atoms with Crippen LogP contribution in [0.2, 0.25) is 0 Å². The zero-order chi connectivity index (χ0) is 19.8. The van der Waals surface area contributed by atoms with Gasteiger partial charge in [0.25, 0.3) is 5.91 Å². The van der Waals surface area contributed by atoms with Gasteiger partial charge in [-0.3, -0.25) is 4.79 Å². The summed E-state index contributed by atoms with van der Waals surface area (Å²) in [6.07, 6.45) is 0.694. The van der Waals surface area contributed by atoms with Crippen LogP contribution in [0.3, 0.4) is 0 Å². The second kappa shape index (κ2) is 9.52. The van der Waals surface area contributed by atoms with Crippen molar-refractivity contribution in [2.45, 2.75) is 12.6 Å². The van der Waals surface area contributed by atoms with Gasteiger partial charge < -0.3 is 19.9 Å². The summed E-state index contributed by atoms with van der Waals surface area (Å²) >= 11 is 0. The molecule has 1 heterocycles. The minimum atomic E-state index is -0.729. The first-order valence-corrected chi connectivity index (χ1v) is 8.84. The number of hydrogen-bond acceptors (Lipinski definition) is 6. The number of carbonyl (C=O) groups excluding carboxylic acids is 1. The Morgan fingerprint density at radius 3 is 2.61 bits per heavy atom. The molecule has 0 aliphatic heterocycles. The van der Waals surface area contributed by atoms with Crippen LogP contribution in [0.5, 0.6) is 11.5 Å². The summed E-state index contributed by atoms with van der Waals surface area (Å²) in [5.74, 6) is 0.872. The zero-order valence-electron chi connectivity index (χ0n) is 15.5. The van der Waals surface area contributed by atoms with Gasteiger partial charge in [0.05, 0.1) is 26.3 Å². The van der Waals surface area contributed by atoms with Crippen LogP contribution in [0.15, 0.2) is 60.9 Å². The van der Waals surface area contributed by atoms with Crippen molar-refractivity contribution in [2.75, 3.05) is 20.3 Å². The van der Waals surface area contributed by atoms with Gasteiger partial charge in [-0.05, 0) is 17.7 Å². The predicted octanol–water partition coefficient (Wildman–Crippen LogP) is 1.83. The Labute approximate surface area is 162 Å². The van der Waals surface area contributed by atoms with E-state index in [0.29, 0.717) is 11.5 Å². The van der Waals surface area contributed by atoms with E-state index in [-0.39, 0.29) is 25.5 Å². The summed E-state index contributed by atoms with van der Waals surface area (Å²) in [7, 11) is 1.57. The van der Waals surface area contributed by atoms with Crippen LogP contribution in [0.4, 0.5) is 0 Å². The van der Waals surface area contributed by atoms with Gasteiger partial charge in [0.1, 0.15) is 12.9 Å². The number of nitrogens with zero attached hydrogens (tertiary/aromatic N) is 3. The average Bonchev–Trinajstić information content (AvgIpc) is 3.20. The monoisotopic (exact) mass is 382 g/mol. The van der Waals surface area contributed by atoms with Crippen molar-refractivity contribution >= 4 is 5.91 Å². The van der Waals surface area contributed by atoms with Crippen molar-refractivity contribution < 1.29 is 19.4 Å². The molecule has 0 saturated carbocycles. The Bertz CT molecular complexity index is 898. The average molecular weight is 382 g/mol. The summed E-state index contributed by atoms with van der Waals surface area (Å²) in [5.41, 5.74) is 0.775. The van der Waals surface area contributed by atoms with Gasteiger partial charge in [0.15, 0.2) is 11.5 Å². The summed E-state index contributed by atoms with van der Waals surface area (Å²) in [6.45, 7) is 0.777. The molecular weight excluding hydrogens is 360 g/mol. The number of benzene rings is 2. The molecule has 0 fully saturated rings. The van der Waals surface area contributed by atoms with E-state index >= 15 is 0 Å². The highest BCUT2D eigenvalue weighted by atomic mass is 16.5. The van der Waals surface area contributed by atoms with E-state index in [1.54, 1.807) is 19.2 Å². The molecule has 0 bridgehead atoms. The third-order valence-electron chi connectivity index (χ3n) is 4.00. The summed E-state index contributed by atoms with van der Waals surface area (Å²) in [4.78, 5) is 16.2. The number of carbonyl (C=O) groups is 1. The molecule has 0 radical (unpaired) electrons. The quantitative estimate of drug-likeness (QED) is 0.548. The summed E-state index contributed by atoms with van der Waals surface area (Å²) in [5, 5.41) is 17.0. The first-order chi connectivity index (χ1) is 13.7. The standard InChI is InChI=1S/C20H22N4O4/c1-27-17-9-5-6-10-18(17)28-12-11-21-20(26)19-22-14-24(23-19)13-16(25)15-7-3-2-4-8-15/h2-10,14,16,25H,11-13H2,1H3,(H,21,26)/t16-/m1/s1. The molecule has 8 heteroatoms. The molecule has 3 rings (SSSR count). The second-order valence-corrected chi connectivity index (χ2v) is 5.97. The Kier molecular flexibility index (Phi) is 6.59. The van der Waals surface area contributed by atoms with Crippen molar-refractivity contribution in [1.29, 1.82) is 0 Å². The lowest BCUT2D eigenvalue weighted by atomic mass is 10.1. The molecule has 3 aromatic rings. The van der Waals surface area contributed by atoms with Gasteiger partial charge in [-0.1, -0.05) is 42.5 Å². The van der Waals surface area contributed by atoms with E-state index in [2.05, 4.69) is 15.4 Å². The number of ether oxygens (including phenoxy) is 2.